The molecule has 114 valence electrons. The Morgan fingerprint density at radius 1 is 1.38 bits per heavy atom. The largest absolute Gasteiger partial charge is 0.325 e. The van der Waals surface area contributed by atoms with E-state index in [1.54, 1.807) is 12.3 Å². The van der Waals surface area contributed by atoms with Crippen molar-refractivity contribution in [2.24, 2.45) is 0 Å². The van der Waals surface area contributed by atoms with Gasteiger partial charge in [0, 0.05) is 12.3 Å². The minimum atomic E-state index is -2.46. The number of anilines is 2. The zero-order valence-corrected chi connectivity index (χ0v) is 12.8. The summed E-state index contributed by atoms with van der Waals surface area (Å²) in [5.74, 6) is 1.00. The van der Waals surface area contributed by atoms with Gasteiger partial charge in [-0.05, 0) is 17.0 Å². The molecule has 2 aromatic heterocycles. The van der Waals surface area contributed by atoms with Crippen LogP contribution in [0.25, 0.3) is 0 Å². The summed E-state index contributed by atoms with van der Waals surface area (Å²) in [5, 5.41) is 7.43. The number of aromatic nitrogens is 3. The molecule has 0 saturated carbocycles. The number of pyridine rings is 1. The molecule has 0 bridgehead atoms. The standard InChI is InChI=1S/C14H17ClF2N4/c1-14(2,3)9-6-12(18-7-10(9)15)20-13-4-5-19-21(13)8-11(16)17/h4-7,11H,8H2,1-3H3,(H,18,20). The van der Waals surface area contributed by atoms with Crippen LogP contribution in [0.3, 0.4) is 0 Å². The highest BCUT2D eigenvalue weighted by atomic mass is 35.5. The molecule has 0 aliphatic heterocycles. The van der Waals surface area contributed by atoms with Crippen LogP contribution in [0.4, 0.5) is 20.4 Å². The van der Waals surface area contributed by atoms with E-state index in [2.05, 4.69) is 15.4 Å². The molecular weight excluding hydrogens is 298 g/mol. The van der Waals surface area contributed by atoms with Crippen LogP contribution in [0.2, 0.25) is 5.02 Å². The average molecular weight is 315 g/mol. The second-order valence-corrected chi connectivity index (χ2v) is 6.12. The van der Waals surface area contributed by atoms with Gasteiger partial charge in [0.25, 0.3) is 6.43 Å². The summed E-state index contributed by atoms with van der Waals surface area (Å²) in [6.07, 6.45) is 0.553. The summed E-state index contributed by atoms with van der Waals surface area (Å²) in [6.45, 7) is 5.66. The van der Waals surface area contributed by atoms with E-state index >= 15 is 0 Å². The molecule has 0 amide bonds. The third kappa shape index (κ3) is 3.91. The maximum atomic E-state index is 12.5. The molecule has 0 unspecified atom stereocenters. The van der Waals surface area contributed by atoms with Crippen molar-refractivity contribution >= 4 is 23.2 Å². The predicted octanol–water partition coefficient (Wildman–Crippen LogP) is 4.24. The van der Waals surface area contributed by atoms with Crippen molar-refractivity contribution in [1.82, 2.24) is 14.8 Å². The third-order valence-electron chi connectivity index (χ3n) is 2.95. The van der Waals surface area contributed by atoms with Gasteiger partial charge in [-0.25, -0.2) is 18.4 Å². The number of hydrogen-bond donors (Lipinski definition) is 1. The zero-order chi connectivity index (χ0) is 15.6. The Hall–Kier alpha value is -1.69. The number of alkyl halides is 2. The van der Waals surface area contributed by atoms with Crippen LogP contribution in [-0.4, -0.2) is 21.2 Å². The molecule has 0 radical (unpaired) electrons. The van der Waals surface area contributed by atoms with Gasteiger partial charge in [-0.2, -0.15) is 5.10 Å². The molecule has 0 spiro atoms. The molecule has 0 saturated heterocycles. The van der Waals surface area contributed by atoms with Gasteiger partial charge < -0.3 is 5.32 Å². The fraction of sp³-hybridized carbons (Fsp3) is 0.429. The maximum Gasteiger partial charge on any atom is 0.258 e. The van der Waals surface area contributed by atoms with Gasteiger partial charge in [-0.1, -0.05) is 32.4 Å². The Balaban J connectivity index is 2.27. The molecule has 7 heteroatoms. The monoisotopic (exact) mass is 314 g/mol. The van der Waals surface area contributed by atoms with Gasteiger partial charge in [0.05, 0.1) is 11.2 Å². The Kier molecular flexibility index (Phi) is 4.46. The lowest BCUT2D eigenvalue weighted by Crippen LogP contribution is -2.14. The van der Waals surface area contributed by atoms with Crippen molar-refractivity contribution in [1.29, 1.82) is 0 Å². The Bertz CT molecular complexity index is 620. The van der Waals surface area contributed by atoms with Gasteiger partial charge in [0.2, 0.25) is 0 Å². The Morgan fingerprint density at radius 3 is 2.71 bits per heavy atom. The number of hydrogen-bond acceptors (Lipinski definition) is 3. The Morgan fingerprint density at radius 2 is 2.10 bits per heavy atom. The van der Waals surface area contributed by atoms with Crippen LogP contribution >= 0.6 is 11.6 Å². The first-order chi connectivity index (χ1) is 9.77. The molecule has 0 atom stereocenters. The van der Waals surface area contributed by atoms with E-state index in [1.807, 2.05) is 26.8 Å². The van der Waals surface area contributed by atoms with Crippen molar-refractivity contribution in [3.63, 3.8) is 0 Å². The van der Waals surface area contributed by atoms with E-state index in [9.17, 15) is 8.78 Å². The van der Waals surface area contributed by atoms with Crippen LogP contribution in [-0.2, 0) is 12.0 Å². The van der Waals surface area contributed by atoms with E-state index in [-0.39, 0.29) is 5.41 Å². The van der Waals surface area contributed by atoms with Crippen molar-refractivity contribution in [3.05, 3.63) is 35.1 Å². The number of nitrogens with zero attached hydrogens (tertiary/aromatic N) is 3. The zero-order valence-electron chi connectivity index (χ0n) is 12.1. The van der Waals surface area contributed by atoms with Crippen molar-refractivity contribution in [2.75, 3.05) is 5.32 Å². The van der Waals surface area contributed by atoms with Gasteiger partial charge >= 0.3 is 0 Å². The van der Waals surface area contributed by atoms with Crippen LogP contribution in [0, 0.1) is 0 Å². The first kappa shape index (κ1) is 15.7. The summed E-state index contributed by atoms with van der Waals surface area (Å²) >= 11 is 6.16. The summed E-state index contributed by atoms with van der Waals surface area (Å²) < 4.78 is 26.1. The highest BCUT2D eigenvalue weighted by Gasteiger charge is 2.19. The van der Waals surface area contributed by atoms with E-state index in [4.69, 9.17) is 11.6 Å². The second-order valence-electron chi connectivity index (χ2n) is 5.71. The lowest BCUT2D eigenvalue weighted by Gasteiger charge is -2.21. The first-order valence-electron chi connectivity index (χ1n) is 6.50. The molecule has 2 aromatic rings. The SMILES string of the molecule is CC(C)(C)c1cc(Nc2ccnn2CC(F)F)ncc1Cl. The lowest BCUT2D eigenvalue weighted by atomic mass is 9.87. The fourth-order valence-corrected chi connectivity index (χ4v) is 2.31. The molecule has 0 aliphatic carbocycles. The second kappa shape index (κ2) is 5.97. The van der Waals surface area contributed by atoms with Crippen LogP contribution in [0.15, 0.2) is 24.5 Å². The molecule has 2 rings (SSSR count). The van der Waals surface area contributed by atoms with Crippen molar-refractivity contribution in [3.8, 4) is 0 Å². The summed E-state index contributed by atoms with van der Waals surface area (Å²) in [7, 11) is 0. The Labute approximate surface area is 127 Å². The first-order valence-corrected chi connectivity index (χ1v) is 6.88. The van der Waals surface area contributed by atoms with Crippen LogP contribution < -0.4 is 5.32 Å². The van der Waals surface area contributed by atoms with Crippen LogP contribution in [0.5, 0.6) is 0 Å². The van der Waals surface area contributed by atoms with Gasteiger partial charge in [0.1, 0.15) is 18.2 Å². The summed E-state index contributed by atoms with van der Waals surface area (Å²) in [6, 6.07) is 3.44. The van der Waals surface area contributed by atoms with E-state index < -0.39 is 13.0 Å². The summed E-state index contributed by atoms with van der Waals surface area (Å²) in [4.78, 5) is 4.18. The molecule has 4 nitrogen and oxygen atoms in total. The smallest absolute Gasteiger partial charge is 0.258 e. The minimum absolute atomic E-state index is 0.139. The molecule has 0 aliphatic rings. The van der Waals surface area contributed by atoms with E-state index in [0.717, 1.165) is 5.56 Å². The third-order valence-corrected chi connectivity index (χ3v) is 3.25. The number of nitrogens with one attached hydrogen (secondary N) is 1. The highest BCUT2D eigenvalue weighted by Crippen LogP contribution is 2.31. The fourth-order valence-electron chi connectivity index (χ4n) is 1.93. The lowest BCUT2D eigenvalue weighted by molar-refractivity contribution is 0.122. The molecule has 2 heterocycles. The molecule has 1 N–H and O–H groups in total. The van der Waals surface area contributed by atoms with Gasteiger partial charge in [-0.15, -0.1) is 0 Å². The maximum absolute atomic E-state index is 12.5. The molecule has 21 heavy (non-hydrogen) atoms. The topological polar surface area (TPSA) is 42.7 Å². The molecule has 0 aromatic carbocycles. The normalized spacial score (nSPS) is 12.0. The average Bonchev–Trinajstić information content (AvgIpc) is 2.77. The number of rotatable bonds is 4. The predicted molar refractivity (Wildman–Crippen MR) is 79.5 cm³/mol. The van der Waals surface area contributed by atoms with Crippen molar-refractivity contribution < 1.29 is 8.78 Å². The van der Waals surface area contributed by atoms with E-state index in [0.29, 0.717) is 16.7 Å². The quantitative estimate of drug-likeness (QED) is 0.918. The van der Waals surface area contributed by atoms with Gasteiger partial charge in [0.15, 0.2) is 0 Å². The molecular formula is C14H17ClF2N4. The van der Waals surface area contributed by atoms with Crippen molar-refractivity contribution in [2.45, 2.75) is 39.2 Å². The molecule has 0 fully saturated rings. The van der Waals surface area contributed by atoms with Crippen LogP contribution in [0.1, 0.15) is 26.3 Å². The summed E-state index contributed by atoms with van der Waals surface area (Å²) in [5.41, 5.74) is 0.793. The minimum Gasteiger partial charge on any atom is -0.325 e. The number of halogens is 3. The van der Waals surface area contributed by atoms with E-state index in [1.165, 1.54) is 10.9 Å². The highest BCUT2D eigenvalue weighted by molar-refractivity contribution is 6.31. The van der Waals surface area contributed by atoms with Gasteiger partial charge in [-0.3, -0.25) is 0 Å².